The van der Waals surface area contributed by atoms with Gasteiger partial charge in [0.15, 0.2) is 0 Å². The number of hydrogen-bond acceptors (Lipinski definition) is 3. The zero-order valence-electron chi connectivity index (χ0n) is 18.3. The van der Waals surface area contributed by atoms with E-state index in [4.69, 9.17) is 0 Å². The molecule has 5 nitrogen and oxygen atoms in total. The number of nitrogens with zero attached hydrogens (tertiary/aromatic N) is 2. The summed E-state index contributed by atoms with van der Waals surface area (Å²) in [7, 11) is -3.86. The van der Waals surface area contributed by atoms with E-state index in [1.165, 1.54) is 9.87 Å². The van der Waals surface area contributed by atoms with E-state index in [2.05, 4.69) is 29.8 Å². The van der Waals surface area contributed by atoms with Gasteiger partial charge in [-0.15, -0.1) is 0 Å². The first-order valence-electron chi connectivity index (χ1n) is 11.0. The van der Waals surface area contributed by atoms with Gasteiger partial charge in [-0.3, -0.25) is 9.10 Å². The topological polar surface area (TPSA) is 57.7 Å². The van der Waals surface area contributed by atoms with Gasteiger partial charge in [0.2, 0.25) is 5.91 Å². The van der Waals surface area contributed by atoms with Crippen LogP contribution in [-0.2, 0) is 21.2 Å². The molecule has 166 valence electrons. The van der Waals surface area contributed by atoms with E-state index in [1.807, 2.05) is 37.3 Å². The van der Waals surface area contributed by atoms with Gasteiger partial charge in [0, 0.05) is 23.5 Å². The average molecular weight is 505 g/mol. The Kier molecular flexibility index (Phi) is 6.19. The van der Waals surface area contributed by atoms with Crippen molar-refractivity contribution in [1.29, 1.82) is 0 Å². The number of anilines is 2. The fourth-order valence-corrected chi connectivity index (χ4v) is 6.65. The Hall–Kier alpha value is -1.86. The Balaban J connectivity index is 1.80. The van der Waals surface area contributed by atoms with Gasteiger partial charge in [0.05, 0.1) is 11.4 Å². The van der Waals surface area contributed by atoms with Gasteiger partial charge in [-0.2, -0.15) is 0 Å². The second-order valence-corrected chi connectivity index (χ2v) is 11.5. The highest BCUT2D eigenvalue weighted by Gasteiger charge is 2.40. The Morgan fingerprint density at radius 1 is 1.19 bits per heavy atom. The largest absolute Gasteiger partial charge is 0.310 e. The molecule has 0 spiro atoms. The number of carbonyl (C=O) groups excluding carboxylic acids is 1. The van der Waals surface area contributed by atoms with Crippen molar-refractivity contribution in [3.05, 3.63) is 52.0 Å². The number of halogens is 1. The quantitative estimate of drug-likeness (QED) is 0.501. The van der Waals surface area contributed by atoms with Crippen LogP contribution in [0.2, 0.25) is 0 Å². The third-order valence-corrected chi connectivity index (χ3v) is 8.33. The van der Waals surface area contributed by atoms with Crippen molar-refractivity contribution < 1.29 is 13.2 Å². The van der Waals surface area contributed by atoms with E-state index < -0.39 is 10.0 Å². The van der Waals surface area contributed by atoms with Gasteiger partial charge in [-0.1, -0.05) is 48.8 Å². The molecule has 0 radical (unpaired) electrons. The second-order valence-electron chi connectivity index (χ2n) is 8.75. The molecule has 1 aliphatic carbocycles. The predicted molar refractivity (Wildman–Crippen MR) is 128 cm³/mol. The van der Waals surface area contributed by atoms with Crippen LogP contribution >= 0.6 is 15.9 Å². The van der Waals surface area contributed by atoms with E-state index in [0.717, 1.165) is 22.9 Å². The maximum atomic E-state index is 14.0. The monoisotopic (exact) mass is 504 g/mol. The van der Waals surface area contributed by atoms with Crippen molar-refractivity contribution in [2.45, 2.75) is 57.3 Å². The van der Waals surface area contributed by atoms with E-state index in [0.29, 0.717) is 43.2 Å². The first-order valence-corrected chi connectivity index (χ1v) is 13.2. The van der Waals surface area contributed by atoms with E-state index in [9.17, 15) is 13.2 Å². The fourth-order valence-electron chi connectivity index (χ4n) is 4.17. The van der Waals surface area contributed by atoms with E-state index >= 15 is 0 Å². The van der Waals surface area contributed by atoms with Gasteiger partial charge in [0.25, 0.3) is 10.0 Å². The van der Waals surface area contributed by atoms with Crippen LogP contribution in [0.3, 0.4) is 0 Å². The lowest BCUT2D eigenvalue weighted by Gasteiger charge is -2.27. The first kappa shape index (κ1) is 22.3. The van der Waals surface area contributed by atoms with Gasteiger partial charge in [-0.05, 0) is 67.0 Å². The average Bonchev–Trinajstić information content (AvgIpc) is 3.50. The summed E-state index contributed by atoms with van der Waals surface area (Å²) in [5.41, 5.74) is 3.30. The summed E-state index contributed by atoms with van der Waals surface area (Å²) >= 11 is 3.49. The number of benzene rings is 2. The van der Waals surface area contributed by atoms with Crippen LogP contribution in [-0.4, -0.2) is 27.4 Å². The zero-order chi connectivity index (χ0) is 22.3. The SMILES string of the molecule is CCCN(c1ccc(C(C)C)cc1)S(=O)(=O)c1cc(Br)cc2c1N(C(=O)C1CC1)CC2. The van der Waals surface area contributed by atoms with E-state index in [1.54, 1.807) is 11.0 Å². The molecule has 0 saturated heterocycles. The summed E-state index contributed by atoms with van der Waals surface area (Å²) in [6.45, 7) is 7.12. The summed E-state index contributed by atoms with van der Waals surface area (Å²) in [6.07, 6.45) is 3.15. The van der Waals surface area contributed by atoms with Crippen LogP contribution in [0.15, 0.2) is 45.8 Å². The van der Waals surface area contributed by atoms with Crippen LogP contribution in [0.25, 0.3) is 0 Å². The second kappa shape index (κ2) is 8.58. The summed E-state index contributed by atoms with van der Waals surface area (Å²) < 4.78 is 30.2. The summed E-state index contributed by atoms with van der Waals surface area (Å²) in [5, 5.41) is 0. The lowest BCUT2D eigenvalue weighted by Crippen LogP contribution is -2.35. The molecule has 2 aromatic carbocycles. The molecule has 1 fully saturated rings. The van der Waals surface area contributed by atoms with Crippen molar-refractivity contribution in [2.24, 2.45) is 5.92 Å². The molecule has 7 heteroatoms. The highest BCUT2D eigenvalue weighted by Crippen LogP contribution is 2.42. The van der Waals surface area contributed by atoms with Crippen LogP contribution in [0.1, 0.15) is 57.1 Å². The molecule has 1 aliphatic heterocycles. The molecule has 0 unspecified atom stereocenters. The molecule has 31 heavy (non-hydrogen) atoms. The van der Waals surface area contributed by atoms with E-state index in [-0.39, 0.29) is 16.7 Å². The molecule has 1 heterocycles. The number of sulfonamides is 1. The van der Waals surface area contributed by atoms with Crippen LogP contribution in [0.5, 0.6) is 0 Å². The molecule has 0 atom stereocenters. The van der Waals surface area contributed by atoms with Crippen molar-refractivity contribution in [3.63, 3.8) is 0 Å². The fraction of sp³-hybridized carbons (Fsp3) is 0.458. The van der Waals surface area contributed by atoms with Crippen molar-refractivity contribution in [1.82, 2.24) is 0 Å². The summed E-state index contributed by atoms with van der Waals surface area (Å²) in [4.78, 5) is 14.8. The minimum absolute atomic E-state index is 0.0421. The lowest BCUT2D eigenvalue weighted by atomic mass is 10.0. The number of rotatable bonds is 7. The van der Waals surface area contributed by atoms with Crippen LogP contribution in [0, 0.1) is 5.92 Å². The molecule has 2 aliphatic rings. The normalized spacial score (nSPS) is 16.0. The molecule has 2 aromatic rings. The van der Waals surface area contributed by atoms with Gasteiger partial charge >= 0.3 is 0 Å². The molecule has 0 N–H and O–H groups in total. The highest BCUT2D eigenvalue weighted by atomic mass is 79.9. The van der Waals surface area contributed by atoms with Crippen LogP contribution < -0.4 is 9.21 Å². The molecular formula is C24H29BrN2O3S. The van der Waals surface area contributed by atoms with Crippen molar-refractivity contribution >= 4 is 43.2 Å². The molecular weight excluding hydrogens is 476 g/mol. The minimum atomic E-state index is -3.86. The minimum Gasteiger partial charge on any atom is -0.310 e. The zero-order valence-corrected chi connectivity index (χ0v) is 20.7. The molecule has 1 amide bonds. The standard InChI is InChI=1S/C24H29BrN2O3S/c1-4-12-27(21-9-7-17(8-10-21)16(2)3)31(29,30)22-15-20(25)14-19-11-13-26(23(19)22)24(28)18-5-6-18/h7-10,14-16,18H,4-6,11-13H2,1-3H3. The molecule has 0 aromatic heterocycles. The van der Waals surface area contributed by atoms with Crippen LogP contribution in [0.4, 0.5) is 11.4 Å². The predicted octanol–water partition coefficient (Wildman–Crippen LogP) is 5.48. The Morgan fingerprint density at radius 2 is 1.87 bits per heavy atom. The van der Waals surface area contributed by atoms with Gasteiger partial charge < -0.3 is 4.90 Å². The third kappa shape index (κ3) is 4.27. The Bertz CT molecular complexity index is 1090. The number of hydrogen-bond donors (Lipinski definition) is 0. The smallest absolute Gasteiger partial charge is 0.266 e. The molecule has 4 rings (SSSR count). The third-order valence-electron chi connectivity index (χ3n) is 6.03. The van der Waals surface area contributed by atoms with Crippen molar-refractivity contribution in [3.8, 4) is 0 Å². The van der Waals surface area contributed by atoms with Crippen molar-refractivity contribution in [2.75, 3.05) is 22.3 Å². The number of amides is 1. The first-order chi connectivity index (χ1) is 14.7. The number of carbonyl (C=O) groups is 1. The maximum absolute atomic E-state index is 14.0. The lowest BCUT2D eigenvalue weighted by molar-refractivity contribution is -0.119. The summed E-state index contributed by atoms with van der Waals surface area (Å²) in [5.74, 6) is 0.474. The Morgan fingerprint density at radius 3 is 2.45 bits per heavy atom. The van der Waals surface area contributed by atoms with Gasteiger partial charge in [0.1, 0.15) is 4.90 Å². The molecule has 0 bridgehead atoms. The Labute approximate surface area is 193 Å². The number of fused-ring (bicyclic) bond motifs is 1. The van der Waals surface area contributed by atoms with Gasteiger partial charge in [-0.25, -0.2) is 8.42 Å². The summed E-state index contributed by atoms with van der Waals surface area (Å²) in [6, 6.07) is 11.3. The molecule has 1 saturated carbocycles. The maximum Gasteiger partial charge on any atom is 0.266 e. The highest BCUT2D eigenvalue weighted by molar-refractivity contribution is 9.10.